The first-order valence-electron chi connectivity index (χ1n) is 11.6. The van der Waals surface area contributed by atoms with Crippen LogP contribution >= 0.6 is 0 Å². The van der Waals surface area contributed by atoms with Crippen molar-refractivity contribution in [3.05, 3.63) is 106 Å². The summed E-state index contributed by atoms with van der Waals surface area (Å²) in [4.78, 5) is 52.0. The van der Waals surface area contributed by atoms with E-state index in [-0.39, 0.29) is 24.4 Å². The van der Waals surface area contributed by atoms with Crippen molar-refractivity contribution in [2.45, 2.75) is 24.5 Å². The SMILES string of the molecule is O=C1C2C(c3ccccc3O)NC(Cc3ccc([N+](=O)[O-])cc3)(C(=O)O)C2C(=O)N1Cc1ccccc1. The van der Waals surface area contributed by atoms with Crippen LogP contribution in [0.1, 0.15) is 22.7 Å². The molecular weight excluding hydrogens is 478 g/mol. The van der Waals surface area contributed by atoms with E-state index in [1.54, 1.807) is 42.5 Å². The standard InChI is InChI=1S/C27H23N3O7/c31-20-9-5-4-8-19(20)23-21-22(25(33)29(24(21)32)15-17-6-2-1-3-7-17)27(28-23,26(34)35)14-16-10-12-18(13-11-16)30(36)37/h1-13,21-23,28,31H,14-15H2,(H,34,35). The van der Waals surface area contributed by atoms with Crippen LogP contribution in [0.25, 0.3) is 0 Å². The fraction of sp³-hybridized carbons (Fsp3) is 0.222. The molecule has 2 saturated heterocycles. The zero-order chi connectivity index (χ0) is 26.3. The third-order valence-electron chi connectivity index (χ3n) is 7.21. The van der Waals surface area contributed by atoms with Crippen molar-refractivity contribution in [1.29, 1.82) is 0 Å². The van der Waals surface area contributed by atoms with Gasteiger partial charge < -0.3 is 10.2 Å². The van der Waals surface area contributed by atoms with E-state index >= 15 is 0 Å². The minimum atomic E-state index is -1.90. The van der Waals surface area contributed by atoms with Gasteiger partial charge in [0, 0.05) is 30.2 Å². The van der Waals surface area contributed by atoms with Crippen molar-refractivity contribution in [2.24, 2.45) is 11.8 Å². The second-order valence-electron chi connectivity index (χ2n) is 9.31. The molecule has 3 aromatic rings. The Morgan fingerprint density at radius 2 is 1.59 bits per heavy atom. The summed E-state index contributed by atoms with van der Waals surface area (Å²) < 4.78 is 0. The number of nitro benzene ring substituents is 1. The van der Waals surface area contributed by atoms with Gasteiger partial charge in [0.1, 0.15) is 11.3 Å². The van der Waals surface area contributed by atoms with E-state index in [9.17, 15) is 34.7 Å². The molecule has 10 nitrogen and oxygen atoms in total. The number of aliphatic carboxylic acids is 1. The highest BCUT2D eigenvalue weighted by Crippen LogP contribution is 2.51. The number of carbonyl (C=O) groups excluding carboxylic acids is 2. The Hall–Kier alpha value is -4.57. The van der Waals surface area contributed by atoms with Gasteiger partial charge in [-0.1, -0.05) is 60.7 Å². The number of carboxylic acid groups (broad SMARTS) is 1. The molecule has 10 heteroatoms. The highest BCUT2D eigenvalue weighted by Gasteiger charge is 2.68. The summed E-state index contributed by atoms with van der Waals surface area (Å²) in [6.45, 7) is -0.00771. The number of aromatic hydroxyl groups is 1. The number of carbonyl (C=O) groups is 3. The number of para-hydroxylation sites is 1. The van der Waals surface area contributed by atoms with Gasteiger partial charge >= 0.3 is 5.97 Å². The van der Waals surface area contributed by atoms with Gasteiger partial charge in [-0.25, -0.2) is 0 Å². The van der Waals surface area contributed by atoms with Crippen LogP contribution in [-0.2, 0) is 27.3 Å². The molecule has 2 aliphatic rings. The van der Waals surface area contributed by atoms with Crippen molar-refractivity contribution >= 4 is 23.5 Å². The van der Waals surface area contributed by atoms with Crippen LogP contribution < -0.4 is 5.32 Å². The fourth-order valence-electron chi connectivity index (χ4n) is 5.49. The number of phenolic OH excluding ortho intramolecular Hbond substituents is 1. The normalized spacial score (nSPS) is 24.8. The third-order valence-corrected chi connectivity index (χ3v) is 7.21. The smallest absolute Gasteiger partial charge is 0.325 e. The second kappa shape index (κ2) is 9.14. The second-order valence-corrected chi connectivity index (χ2v) is 9.31. The molecule has 5 rings (SSSR count). The van der Waals surface area contributed by atoms with Gasteiger partial charge in [0.25, 0.3) is 5.69 Å². The van der Waals surface area contributed by atoms with Crippen LogP contribution in [0.5, 0.6) is 5.75 Å². The van der Waals surface area contributed by atoms with Gasteiger partial charge in [-0.3, -0.25) is 34.7 Å². The van der Waals surface area contributed by atoms with E-state index in [1.165, 1.54) is 30.3 Å². The largest absolute Gasteiger partial charge is 0.508 e. The van der Waals surface area contributed by atoms with Crippen LogP contribution in [0.3, 0.4) is 0 Å². The van der Waals surface area contributed by atoms with Crippen molar-refractivity contribution < 1.29 is 29.5 Å². The molecular formula is C27H23N3O7. The zero-order valence-electron chi connectivity index (χ0n) is 19.5. The monoisotopic (exact) mass is 501 g/mol. The Kier molecular flexibility index (Phi) is 5.96. The molecule has 0 aromatic heterocycles. The van der Waals surface area contributed by atoms with E-state index in [4.69, 9.17) is 0 Å². The first-order valence-corrected chi connectivity index (χ1v) is 11.6. The molecule has 37 heavy (non-hydrogen) atoms. The molecule has 2 aliphatic heterocycles. The summed E-state index contributed by atoms with van der Waals surface area (Å²) in [5, 5.41) is 35.2. The molecule has 0 aliphatic carbocycles. The number of non-ortho nitro benzene ring substituents is 1. The van der Waals surface area contributed by atoms with E-state index in [1.807, 2.05) is 6.07 Å². The van der Waals surface area contributed by atoms with Gasteiger partial charge in [-0.15, -0.1) is 0 Å². The van der Waals surface area contributed by atoms with E-state index in [0.29, 0.717) is 16.7 Å². The number of likely N-dealkylation sites (tertiary alicyclic amines) is 1. The Balaban J connectivity index is 1.60. The summed E-state index contributed by atoms with van der Waals surface area (Å²) in [6.07, 6.45) is -0.205. The number of hydrogen-bond donors (Lipinski definition) is 3. The maximum absolute atomic E-state index is 13.8. The minimum absolute atomic E-state index is 0.00771. The predicted molar refractivity (Wildman–Crippen MR) is 130 cm³/mol. The van der Waals surface area contributed by atoms with E-state index in [2.05, 4.69) is 5.32 Å². The number of imide groups is 1. The number of fused-ring (bicyclic) bond motifs is 1. The quantitative estimate of drug-likeness (QED) is 0.254. The topological polar surface area (TPSA) is 150 Å². The lowest BCUT2D eigenvalue weighted by Crippen LogP contribution is -2.57. The lowest BCUT2D eigenvalue weighted by Gasteiger charge is -2.31. The molecule has 2 heterocycles. The number of phenols is 1. The Labute approximate surface area is 211 Å². The van der Waals surface area contributed by atoms with Crippen LogP contribution in [0.15, 0.2) is 78.9 Å². The minimum Gasteiger partial charge on any atom is -0.508 e. The van der Waals surface area contributed by atoms with Crippen LogP contribution in [0.2, 0.25) is 0 Å². The highest BCUT2D eigenvalue weighted by molar-refractivity contribution is 6.09. The molecule has 0 bridgehead atoms. The number of hydrogen-bond acceptors (Lipinski definition) is 7. The number of carboxylic acids is 1. The van der Waals surface area contributed by atoms with E-state index in [0.717, 1.165) is 4.90 Å². The Morgan fingerprint density at radius 3 is 2.22 bits per heavy atom. The zero-order valence-corrected chi connectivity index (χ0v) is 19.5. The lowest BCUT2D eigenvalue weighted by atomic mass is 9.76. The number of rotatable bonds is 7. The van der Waals surface area contributed by atoms with Crippen molar-refractivity contribution in [2.75, 3.05) is 0 Å². The average molecular weight is 501 g/mol. The fourth-order valence-corrected chi connectivity index (χ4v) is 5.49. The lowest BCUT2D eigenvalue weighted by molar-refractivity contribution is -0.384. The molecule has 3 N–H and O–H groups in total. The van der Waals surface area contributed by atoms with E-state index < -0.39 is 46.1 Å². The van der Waals surface area contributed by atoms with Crippen LogP contribution in [-0.4, -0.2) is 43.4 Å². The predicted octanol–water partition coefficient (Wildman–Crippen LogP) is 2.81. The highest BCUT2D eigenvalue weighted by atomic mass is 16.6. The summed E-state index contributed by atoms with van der Waals surface area (Å²) in [5.41, 5.74) is -0.580. The molecule has 188 valence electrons. The molecule has 2 amide bonds. The molecule has 4 unspecified atom stereocenters. The number of amides is 2. The van der Waals surface area contributed by atoms with Crippen LogP contribution in [0.4, 0.5) is 5.69 Å². The van der Waals surface area contributed by atoms with Crippen molar-refractivity contribution in [3.8, 4) is 5.75 Å². The Morgan fingerprint density at radius 1 is 0.946 bits per heavy atom. The number of nitro groups is 1. The third kappa shape index (κ3) is 4.01. The number of benzene rings is 3. The molecule has 0 radical (unpaired) electrons. The summed E-state index contributed by atoms with van der Waals surface area (Å²) in [5.74, 6) is -4.93. The summed E-state index contributed by atoms with van der Waals surface area (Å²) in [7, 11) is 0. The molecule has 4 atom stereocenters. The summed E-state index contributed by atoms with van der Waals surface area (Å²) in [6, 6.07) is 19.7. The average Bonchev–Trinajstić information content (AvgIpc) is 3.35. The maximum Gasteiger partial charge on any atom is 0.325 e. The van der Waals surface area contributed by atoms with Crippen molar-refractivity contribution in [1.82, 2.24) is 10.2 Å². The molecule has 0 spiro atoms. The first kappa shape index (κ1) is 24.1. The van der Waals surface area contributed by atoms with Gasteiger partial charge in [0.05, 0.1) is 23.3 Å². The van der Waals surface area contributed by atoms with Crippen LogP contribution in [0, 0.1) is 22.0 Å². The number of nitrogens with zero attached hydrogens (tertiary/aromatic N) is 2. The van der Waals surface area contributed by atoms with Gasteiger partial charge in [0.2, 0.25) is 11.8 Å². The first-order chi connectivity index (χ1) is 17.7. The van der Waals surface area contributed by atoms with Gasteiger partial charge in [-0.05, 0) is 17.2 Å². The molecule has 0 saturated carbocycles. The maximum atomic E-state index is 13.8. The van der Waals surface area contributed by atoms with Gasteiger partial charge in [-0.2, -0.15) is 0 Å². The molecule has 2 fully saturated rings. The Bertz CT molecular complexity index is 1390. The molecule has 3 aromatic carbocycles. The summed E-state index contributed by atoms with van der Waals surface area (Å²) >= 11 is 0. The van der Waals surface area contributed by atoms with Gasteiger partial charge in [0.15, 0.2) is 0 Å². The number of nitrogens with one attached hydrogen (secondary N) is 1. The van der Waals surface area contributed by atoms with Crippen molar-refractivity contribution in [3.63, 3.8) is 0 Å².